The summed E-state index contributed by atoms with van der Waals surface area (Å²) in [5.74, 6) is 0.856. The molecule has 0 atom stereocenters. The minimum Gasteiger partial charge on any atom is -0.316 e. The molecule has 0 aromatic carbocycles. The standard InChI is InChI=1S/C10H9N5O/c1-5-13-7-3-6-8(11-4-12-10(6)16)14-9(7)15(5)2/h3-4H,1-2H3,(H,11,12,14,16). The van der Waals surface area contributed by atoms with Crippen LogP contribution in [0.3, 0.4) is 0 Å². The molecule has 0 unspecified atom stereocenters. The molecule has 6 heteroatoms. The summed E-state index contributed by atoms with van der Waals surface area (Å²) in [5.41, 5.74) is 1.70. The molecule has 0 amide bonds. The lowest BCUT2D eigenvalue weighted by molar-refractivity contribution is 0.875. The highest BCUT2D eigenvalue weighted by molar-refractivity contribution is 5.86. The molecule has 3 aromatic rings. The van der Waals surface area contributed by atoms with E-state index in [9.17, 15) is 4.79 Å². The molecule has 16 heavy (non-hydrogen) atoms. The van der Waals surface area contributed by atoms with Crippen LogP contribution in [0, 0.1) is 6.92 Å². The molecule has 0 fully saturated rings. The van der Waals surface area contributed by atoms with E-state index in [2.05, 4.69) is 19.9 Å². The summed E-state index contributed by atoms with van der Waals surface area (Å²) in [4.78, 5) is 26.7. The number of hydrogen-bond acceptors (Lipinski definition) is 4. The monoisotopic (exact) mass is 215 g/mol. The Bertz CT molecular complexity index is 755. The van der Waals surface area contributed by atoms with Crippen LogP contribution in [0.15, 0.2) is 17.2 Å². The molecule has 0 saturated heterocycles. The molecule has 6 nitrogen and oxygen atoms in total. The lowest BCUT2D eigenvalue weighted by Crippen LogP contribution is -2.07. The smallest absolute Gasteiger partial charge is 0.260 e. The van der Waals surface area contributed by atoms with E-state index >= 15 is 0 Å². The zero-order valence-corrected chi connectivity index (χ0v) is 8.85. The van der Waals surface area contributed by atoms with Crippen molar-refractivity contribution in [3.05, 3.63) is 28.6 Å². The normalized spacial score (nSPS) is 11.4. The van der Waals surface area contributed by atoms with E-state index in [-0.39, 0.29) is 5.56 Å². The number of imidazole rings is 1. The Morgan fingerprint density at radius 2 is 2.19 bits per heavy atom. The first-order chi connectivity index (χ1) is 7.66. The van der Waals surface area contributed by atoms with E-state index in [4.69, 9.17) is 0 Å². The Kier molecular flexibility index (Phi) is 1.62. The topological polar surface area (TPSA) is 76.5 Å². The van der Waals surface area contributed by atoms with Crippen molar-refractivity contribution in [2.45, 2.75) is 6.92 Å². The summed E-state index contributed by atoms with van der Waals surface area (Å²) in [5, 5.41) is 0.466. The number of nitrogens with one attached hydrogen (secondary N) is 1. The number of H-pyrrole nitrogens is 1. The number of aromatic nitrogens is 5. The summed E-state index contributed by atoms with van der Waals surface area (Å²) in [6.07, 6.45) is 1.35. The molecular formula is C10H9N5O. The van der Waals surface area contributed by atoms with E-state index in [0.717, 1.165) is 11.5 Å². The van der Waals surface area contributed by atoms with Crippen LogP contribution in [0.5, 0.6) is 0 Å². The van der Waals surface area contributed by atoms with Gasteiger partial charge in [0.2, 0.25) is 0 Å². The molecule has 0 aliphatic rings. The van der Waals surface area contributed by atoms with Crippen LogP contribution < -0.4 is 5.56 Å². The molecule has 0 saturated carbocycles. The van der Waals surface area contributed by atoms with Crippen molar-refractivity contribution in [2.75, 3.05) is 0 Å². The van der Waals surface area contributed by atoms with Gasteiger partial charge in [0.1, 0.15) is 11.3 Å². The summed E-state index contributed by atoms with van der Waals surface area (Å²) < 4.78 is 1.87. The molecule has 0 bridgehead atoms. The second kappa shape index (κ2) is 2.88. The first kappa shape index (κ1) is 9.02. The Morgan fingerprint density at radius 3 is 3.00 bits per heavy atom. The highest BCUT2D eigenvalue weighted by Gasteiger charge is 2.09. The van der Waals surface area contributed by atoms with Gasteiger partial charge in [0.25, 0.3) is 5.56 Å². The summed E-state index contributed by atoms with van der Waals surface area (Å²) >= 11 is 0. The third-order valence-electron chi connectivity index (χ3n) is 2.68. The van der Waals surface area contributed by atoms with E-state index in [0.29, 0.717) is 16.6 Å². The quantitative estimate of drug-likeness (QED) is 0.593. The van der Waals surface area contributed by atoms with Gasteiger partial charge in [0.15, 0.2) is 11.3 Å². The second-order valence-corrected chi connectivity index (χ2v) is 3.65. The maximum atomic E-state index is 11.5. The summed E-state index contributed by atoms with van der Waals surface area (Å²) in [7, 11) is 1.89. The fraction of sp³-hybridized carbons (Fsp3) is 0.200. The molecule has 0 radical (unpaired) electrons. The molecular weight excluding hydrogens is 206 g/mol. The van der Waals surface area contributed by atoms with Crippen LogP contribution in [0.2, 0.25) is 0 Å². The van der Waals surface area contributed by atoms with E-state index < -0.39 is 0 Å². The minimum atomic E-state index is -0.192. The minimum absolute atomic E-state index is 0.192. The second-order valence-electron chi connectivity index (χ2n) is 3.65. The number of pyridine rings is 1. The first-order valence-corrected chi connectivity index (χ1v) is 4.84. The third-order valence-corrected chi connectivity index (χ3v) is 2.68. The number of aromatic amines is 1. The third kappa shape index (κ3) is 1.06. The number of aryl methyl sites for hydroxylation is 2. The van der Waals surface area contributed by atoms with Gasteiger partial charge in [-0.2, -0.15) is 0 Å². The van der Waals surface area contributed by atoms with Gasteiger partial charge in [-0.3, -0.25) is 4.79 Å². The molecule has 3 aromatic heterocycles. The maximum Gasteiger partial charge on any atom is 0.260 e. The Balaban J connectivity index is 2.59. The van der Waals surface area contributed by atoms with Crippen LogP contribution in [0.1, 0.15) is 5.82 Å². The van der Waals surface area contributed by atoms with Gasteiger partial charge in [-0.05, 0) is 13.0 Å². The highest BCUT2D eigenvalue weighted by Crippen LogP contribution is 2.15. The van der Waals surface area contributed by atoms with Crippen molar-refractivity contribution in [2.24, 2.45) is 7.05 Å². The maximum absolute atomic E-state index is 11.5. The molecule has 3 rings (SSSR count). The van der Waals surface area contributed by atoms with Gasteiger partial charge in [0.05, 0.1) is 11.7 Å². The van der Waals surface area contributed by atoms with Crippen LogP contribution in [-0.2, 0) is 7.05 Å². The van der Waals surface area contributed by atoms with Crippen LogP contribution in [-0.4, -0.2) is 24.5 Å². The van der Waals surface area contributed by atoms with Gasteiger partial charge in [-0.1, -0.05) is 0 Å². The molecule has 3 heterocycles. The average Bonchev–Trinajstić information content (AvgIpc) is 2.54. The van der Waals surface area contributed by atoms with E-state index in [1.807, 2.05) is 18.5 Å². The van der Waals surface area contributed by atoms with Gasteiger partial charge in [-0.15, -0.1) is 0 Å². The molecule has 0 spiro atoms. The zero-order valence-electron chi connectivity index (χ0n) is 8.85. The van der Waals surface area contributed by atoms with Crippen molar-refractivity contribution in [3.63, 3.8) is 0 Å². The predicted molar refractivity (Wildman–Crippen MR) is 59.2 cm³/mol. The summed E-state index contributed by atoms with van der Waals surface area (Å²) in [6, 6.07) is 1.72. The lowest BCUT2D eigenvalue weighted by atomic mass is 10.3. The number of hydrogen-bond donors (Lipinski definition) is 1. The van der Waals surface area contributed by atoms with Gasteiger partial charge < -0.3 is 9.55 Å². The number of rotatable bonds is 0. The fourth-order valence-corrected chi connectivity index (χ4v) is 1.71. The van der Waals surface area contributed by atoms with E-state index in [1.165, 1.54) is 6.33 Å². The molecule has 0 aliphatic carbocycles. The average molecular weight is 215 g/mol. The summed E-state index contributed by atoms with van der Waals surface area (Å²) in [6.45, 7) is 1.89. The SMILES string of the molecule is Cc1nc2cc3c(=O)[nH]cnc3nc2n1C. The zero-order chi connectivity index (χ0) is 11.3. The number of fused-ring (bicyclic) bond motifs is 2. The Morgan fingerprint density at radius 1 is 1.38 bits per heavy atom. The van der Waals surface area contributed by atoms with Crippen LogP contribution in [0.4, 0.5) is 0 Å². The molecule has 1 N–H and O–H groups in total. The number of nitrogens with zero attached hydrogens (tertiary/aromatic N) is 4. The Hall–Kier alpha value is -2.24. The van der Waals surface area contributed by atoms with Crippen molar-refractivity contribution in [3.8, 4) is 0 Å². The lowest BCUT2D eigenvalue weighted by Gasteiger charge is -1.97. The Labute approximate surface area is 90.0 Å². The van der Waals surface area contributed by atoms with Gasteiger partial charge >= 0.3 is 0 Å². The first-order valence-electron chi connectivity index (χ1n) is 4.84. The van der Waals surface area contributed by atoms with Gasteiger partial charge in [0, 0.05) is 7.05 Å². The van der Waals surface area contributed by atoms with Crippen molar-refractivity contribution >= 4 is 22.2 Å². The molecule has 0 aliphatic heterocycles. The highest BCUT2D eigenvalue weighted by atomic mass is 16.1. The van der Waals surface area contributed by atoms with Crippen molar-refractivity contribution in [1.82, 2.24) is 24.5 Å². The van der Waals surface area contributed by atoms with Crippen LogP contribution in [0.25, 0.3) is 22.2 Å². The van der Waals surface area contributed by atoms with Crippen molar-refractivity contribution in [1.29, 1.82) is 0 Å². The van der Waals surface area contributed by atoms with E-state index in [1.54, 1.807) is 6.07 Å². The van der Waals surface area contributed by atoms with Gasteiger partial charge in [-0.25, -0.2) is 15.0 Å². The largest absolute Gasteiger partial charge is 0.316 e. The molecule has 80 valence electrons. The predicted octanol–water partition coefficient (Wildman–Crippen LogP) is 0.513. The van der Waals surface area contributed by atoms with Crippen molar-refractivity contribution < 1.29 is 0 Å². The van der Waals surface area contributed by atoms with Crippen LogP contribution >= 0.6 is 0 Å². The fourth-order valence-electron chi connectivity index (χ4n) is 1.71.